The van der Waals surface area contributed by atoms with E-state index in [9.17, 15) is 9.59 Å². The van der Waals surface area contributed by atoms with E-state index in [0.29, 0.717) is 18.5 Å². The van der Waals surface area contributed by atoms with Gasteiger partial charge in [-0.2, -0.15) is 0 Å². The van der Waals surface area contributed by atoms with Crippen LogP contribution in [-0.2, 0) is 6.54 Å². The molecule has 0 unspecified atom stereocenters. The first-order chi connectivity index (χ1) is 13.6. The molecule has 28 heavy (non-hydrogen) atoms. The SMILES string of the molecule is Cc1ccccc1CN1CCCN(C(=O)c2c[nH]c3ccccc3c2=O)CC1. The Morgan fingerprint density at radius 1 is 1.00 bits per heavy atom. The lowest BCUT2D eigenvalue weighted by Gasteiger charge is -2.22. The van der Waals surface area contributed by atoms with E-state index >= 15 is 0 Å². The number of amides is 1. The second kappa shape index (κ2) is 7.98. The minimum Gasteiger partial charge on any atom is -0.360 e. The Balaban J connectivity index is 1.49. The third-order valence-corrected chi connectivity index (χ3v) is 5.55. The number of nitrogens with zero attached hydrogens (tertiary/aromatic N) is 2. The Kier molecular flexibility index (Phi) is 5.26. The van der Waals surface area contributed by atoms with Crippen LogP contribution in [0.25, 0.3) is 10.9 Å². The lowest BCUT2D eigenvalue weighted by molar-refractivity contribution is 0.0759. The third-order valence-electron chi connectivity index (χ3n) is 5.55. The molecule has 3 aromatic rings. The van der Waals surface area contributed by atoms with Crippen molar-refractivity contribution in [2.45, 2.75) is 19.9 Å². The van der Waals surface area contributed by atoms with E-state index in [1.54, 1.807) is 12.3 Å². The quantitative estimate of drug-likeness (QED) is 0.765. The lowest BCUT2D eigenvalue weighted by atomic mass is 10.1. The maximum Gasteiger partial charge on any atom is 0.259 e. The smallest absolute Gasteiger partial charge is 0.259 e. The van der Waals surface area contributed by atoms with Crippen LogP contribution >= 0.6 is 0 Å². The summed E-state index contributed by atoms with van der Waals surface area (Å²) in [5, 5.41) is 0.560. The zero-order valence-electron chi connectivity index (χ0n) is 16.1. The molecule has 5 heteroatoms. The van der Waals surface area contributed by atoms with Gasteiger partial charge in [-0.1, -0.05) is 36.4 Å². The monoisotopic (exact) mass is 375 g/mol. The van der Waals surface area contributed by atoms with Gasteiger partial charge in [-0.15, -0.1) is 0 Å². The summed E-state index contributed by atoms with van der Waals surface area (Å²) in [4.78, 5) is 33.1. The summed E-state index contributed by atoms with van der Waals surface area (Å²) in [7, 11) is 0. The van der Waals surface area contributed by atoms with Crippen molar-refractivity contribution in [1.29, 1.82) is 0 Å². The van der Waals surface area contributed by atoms with Crippen LogP contribution in [-0.4, -0.2) is 46.9 Å². The number of H-pyrrole nitrogens is 1. The number of nitrogens with one attached hydrogen (secondary N) is 1. The van der Waals surface area contributed by atoms with Crippen molar-refractivity contribution >= 4 is 16.8 Å². The largest absolute Gasteiger partial charge is 0.360 e. The molecule has 1 aromatic heterocycles. The fourth-order valence-corrected chi connectivity index (χ4v) is 3.86. The van der Waals surface area contributed by atoms with Gasteiger partial charge >= 0.3 is 0 Å². The van der Waals surface area contributed by atoms with Crippen molar-refractivity contribution in [3.05, 3.63) is 81.6 Å². The number of rotatable bonds is 3. The molecule has 1 N–H and O–H groups in total. The number of aromatic nitrogens is 1. The summed E-state index contributed by atoms with van der Waals surface area (Å²) in [6.07, 6.45) is 2.46. The summed E-state index contributed by atoms with van der Waals surface area (Å²) < 4.78 is 0. The molecule has 0 aliphatic carbocycles. The van der Waals surface area contributed by atoms with Crippen molar-refractivity contribution < 1.29 is 4.79 Å². The van der Waals surface area contributed by atoms with E-state index in [0.717, 1.165) is 31.6 Å². The van der Waals surface area contributed by atoms with Crippen LogP contribution in [0.1, 0.15) is 27.9 Å². The number of pyridine rings is 1. The molecule has 1 aliphatic rings. The average Bonchev–Trinajstić information content (AvgIpc) is 2.95. The van der Waals surface area contributed by atoms with Gasteiger partial charge in [-0.3, -0.25) is 14.5 Å². The number of para-hydroxylation sites is 1. The molecule has 5 nitrogen and oxygen atoms in total. The fourth-order valence-electron chi connectivity index (χ4n) is 3.86. The topological polar surface area (TPSA) is 56.4 Å². The number of carbonyl (C=O) groups is 1. The second-order valence-electron chi connectivity index (χ2n) is 7.43. The van der Waals surface area contributed by atoms with Crippen molar-refractivity contribution in [2.75, 3.05) is 26.2 Å². The highest BCUT2D eigenvalue weighted by Crippen LogP contribution is 2.14. The Bertz CT molecular complexity index is 1060. The molecule has 0 radical (unpaired) electrons. The molecule has 4 rings (SSSR count). The van der Waals surface area contributed by atoms with Gasteiger partial charge in [0.05, 0.1) is 0 Å². The van der Waals surface area contributed by atoms with E-state index in [1.165, 1.54) is 11.1 Å². The number of aryl methyl sites for hydroxylation is 1. The van der Waals surface area contributed by atoms with Crippen LogP contribution in [0.4, 0.5) is 0 Å². The standard InChI is InChI=1S/C23H25N3O2/c1-17-7-2-3-8-18(17)16-25-11-6-12-26(14-13-25)23(28)20-15-24-21-10-5-4-9-19(21)22(20)27/h2-5,7-10,15H,6,11-14,16H2,1H3,(H,24,27). The number of benzene rings is 2. The normalized spacial score (nSPS) is 15.5. The van der Waals surface area contributed by atoms with Gasteiger partial charge in [0.25, 0.3) is 5.91 Å². The fraction of sp³-hybridized carbons (Fsp3) is 0.304. The number of hydrogen-bond donors (Lipinski definition) is 1. The molecule has 0 saturated carbocycles. The Morgan fingerprint density at radius 3 is 2.64 bits per heavy atom. The average molecular weight is 375 g/mol. The molecule has 1 saturated heterocycles. The Morgan fingerprint density at radius 2 is 1.79 bits per heavy atom. The van der Waals surface area contributed by atoms with Gasteiger partial charge < -0.3 is 9.88 Å². The zero-order chi connectivity index (χ0) is 19.5. The van der Waals surface area contributed by atoms with Crippen molar-refractivity contribution in [3.63, 3.8) is 0 Å². The highest BCUT2D eigenvalue weighted by atomic mass is 16.2. The number of carbonyl (C=O) groups excluding carboxylic acids is 1. The molecule has 2 heterocycles. The third kappa shape index (κ3) is 3.71. The maximum atomic E-state index is 13.0. The second-order valence-corrected chi connectivity index (χ2v) is 7.43. The first kappa shape index (κ1) is 18.4. The van der Waals surface area contributed by atoms with Gasteiger partial charge in [0.2, 0.25) is 5.43 Å². The van der Waals surface area contributed by atoms with Gasteiger partial charge in [0, 0.05) is 49.8 Å². The number of hydrogen-bond acceptors (Lipinski definition) is 3. The lowest BCUT2D eigenvalue weighted by Crippen LogP contribution is -2.37. The maximum absolute atomic E-state index is 13.0. The molecule has 2 aromatic carbocycles. The van der Waals surface area contributed by atoms with Crippen LogP contribution in [0, 0.1) is 6.92 Å². The minimum atomic E-state index is -0.194. The summed E-state index contributed by atoms with van der Waals surface area (Å²) in [6, 6.07) is 15.7. The number of fused-ring (bicyclic) bond motifs is 1. The highest BCUT2D eigenvalue weighted by molar-refractivity contribution is 5.97. The van der Waals surface area contributed by atoms with Crippen LogP contribution in [0.15, 0.2) is 59.5 Å². The van der Waals surface area contributed by atoms with Crippen molar-refractivity contribution in [3.8, 4) is 0 Å². The molecule has 144 valence electrons. The predicted molar refractivity (Wildman–Crippen MR) is 112 cm³/mol. The molecular weight excluding hydrogens is 350 g/mol. The first-order valence-electron chi connectivity index (χ1n) is 9.80. The van der Waals surface area contributed by atoms with Gasteiger partial charge in [0.1, 0.15) is 5.56 Å². The van der Waals surface area contributed by atoms with E-state index in [4.69, 9.17) is 0 Å². The molecular formula is C23H25N3O2. The van der Waals surface area contributed by atoms with Gasteiger partial charge in [0.15, 0.2) is 0 Å². The molecule has 0 bridgehead atoms. The zero-order valence-corrected chi connectivity index (χ0v) is 16.1. The minimum absolute atomic E-state index is 0.176. The summed E-state index contributed by atoms with van der Waals surface area (Å²) >= 11 is 0. The van der Waals surface area contributed by atoms with Gasteiger partial charge in [-0.25, -0.2) is 0 Å². The van der Waals surface area contributed by atoms with Gasteiger partial charge in [-0.05, 0) is 36.6 Å². The molecule has 0 spiro atoms. The van der Waals surface area contributed by atoms with Crippen LogP contribution in [0.2, 0.25) is 0 Å². The van der Waals surface area contributed by atoms with E-state index in [2.05, 4.69) is 41.1 Å². The summed E-state index contributed by atoms with van der Waals surface area (Å²) in [6.45, 7) is 6.10. The molecule has 1 fully saturated rings. The van der Waals surface area contributed by atoms with E-state index < -0.39 is 0 Å². The number of aromatic amines is 1. The van der Waals surface area contributed by atoms with Crippen molar-refractivity contribution in [1.82, 2.24) is 14.8 Å². The van der Waals surface area contributed by atoms with Crippen molar-refractivity contribution in [2.24, 2.45) is 0 Å². The van der Waals surface area contributed by atoms with Crippen LogP contribution in [0.3, 0.4) is 0 Å². The predicted octanol–water partition coefficient (Wildman–Crippen LogP) is 3.18. The summed E-state index contributed by atoms with van der Waals surface area (Å²) in [5.41, 5.74) is 3.41. The molecule has 1 amide bonds. The molecule has 1 aliphatic heterocycles. The van der Waals surface area contributed by atoms with Crippen LogP contribution in [0.5, 0.6) is 0 Å². The first-order valence-corrected chi connectivity index (χ1v) is 9.80. The summed E-state index contributed by atoms with van der Waals surface area (Å²) in [5.74, 6) is -0.176. The Hall–Kier alpha value is -2.92. The highest BCUT2D eigenvalue weighted by Gasteiger charge is 2.23. The van der Waals surface area contributed by atoms with E-state index in [-0.39, 0.29) is 16.9 Å². The van der Waals surface area contributed by atoms with Crippen LogP contribution < -0.4 is 5.43 Å². The Labute approximate surface area is 164 Å². The van der Waals surface area contributed by atoms with E-state index in [1.807, 2.05) is 23.1 Å². The molecule has 0 atom stereocenters.